The fourth-order valence-corrected chi connectivity index (χ4v) is 2.31. The standard InChI is InChI=1S/C15H16N4O/c1-20-13-7-4-6-12-14(13)18-15(16)19(12)10-8-11-5-2-3-9-17-11/h2-7,9H,8,10H2,1H3,(H2,16,18). The molecule has 5 heteroatoms. The number of para-hydroxylation sites is 1. The Hall–Kier alpha value is -2.56. The Morgan fingerprint density at radius 3 is 2.85 bits per heavy atom. The molecule has 0 bridgehead atoms. The second-order valence-corrected chi connectivity index (χ2v) is 4.52. The SMILES string of the molecule is COc1cccc2c1nc(N)n2CCc1ccccn1. The molecule has 0 saturated heterocycles. The van der Waals surface area contributed by atoms with Crippen molar-refractivity contribution in [1.29, 1.82) is 0 Å². The van der Waals surface area contributed by atoms with Crippen LogP contribution >= 0.6 is 0 Å². The minimum absolute atomic E-state index is 0.500. The van der Waals surface area contributed by atoms with Gasteiger partial charge in [0.15, 0.2) is 0 Å². The first-order chi connectivity index (χ1) is 9.79. The molecule has 0 saturated carbocycles. The van der Waals surface area contributed by atoms with E-state index in [9.17, 15) is 0 Å². The maximum atomic E-state index is 6.02. The highest BCUT2D eigenvalue weighted by molar-refractivity contribution is 5.84. The van der Waals surface area contributed by atoms with E-state index in [0.29, 0.717) is 5.95 Å². The molecule has 2 aromatic heterocycles. The lowest BCUT2D eigenvalue weighted by Gasteiger charge is -2.06. The van der Waals surface area contributed by atoms with E-state index in [2.05, 4.69) is 9.97 Å². The van der Waals surface area contributed by atoms with Crippen molar-refractivity contribution in [3.63, 3.8) is 0 Å². The Labute approximate surface area is 117 Å². The Kier molecular flexibility index (Phi) is 3.25. The summed E-state index contributed by atoms with van der Waals surface area (Å²) in [6.45, 7) is 0.743. The van der Waals surface area contributed by atoms with Crippen LogP contribution in [0.5, 0.6) is 5.75 Å². The summed E-state index contributed by atoms with van der Waals surface area (Å²) >= 11 is 0. The second-order valence-electron chi connectivity index (χ2n) is 4.52. The summed E-state index contributed by atoms with van der Waals surface area (Å²) in [5.74, 6) is 1.24. The molecule has 0 radical (unpaired) electrons. The van der Waals surface area contributed by atoms with E-state index < -0.39 is 0 Å². The zero-order valence-corrected chi connectivity index (χ0v) is 11.3. The maximum absolute atomic E-state index is 6.02. The predicted octanol–water partition coefficient (Wildman–Crippen LogP) is 2.26. The summed E-state index contributed by atoms with van der Waals surface area (Å²) in [5.41, 5.74) is 8.84. The van der Waals surface area contributed by atoms with E-state index in [1.54, 1.807) is 13.3 Å². The number of imidazole rings is 1. The zero-order chi connectivity index (χ0) is 13.9. The van der Waals surface area contributed by atoms with Gasteiger partial charge in [-0.3, -0.25) is 4.98 Å². The summed E-state index contributed by atoms with van der Waals surface area (Å²) < 4.78 is 7.31. The third-order valence-corrected chi connectivity index (χ3v) is 3.31. The monoisotopic (exact) mass is 268 g/mol. The van der Waals surface area contributed by atoms with E-state index in [4.69, 9.17) is 10.5 Å². The number of hydrogen-bond donors (Lipinski definition) is 1. The van der Waals surface area contributed by atoms with Crippen LogP contribution in [-0.2, 0) is 13.0 Å². The topological polar surface area (TPSA) is 66.0 Å². The Bertz CT molecular complexity index is 721. The Morgan fingerprint density at radius 1 is 1.20 bits per heavy atom. The smallest absolute Gasteiger partial charge is 0.201 e. The normalized spacial score (nSPS) is 10.8. The lowest BCUT2D eigenvalue weighted by molar-refractivity contribution is 0.419. The number of methoxy groups -OCH3 is 1. The van der Waals surface area contributed by atoms with Crippen LogP contribution in [0.2, 0.25) is 0 Å². The fraction of sp³-hybridized carbons (Fsp3) is 0.200. The van der Waals surface area contributed by atoms with Gasteiger partial charge in [0, 0.05) is 24.9 Å². The van der Waals surface area contributed by atoms with Crippen LogP contribution in [0.4, 0.5) is 5.95 Å². The molecule has 102 valence electrons. The number of nitrogens with zero attached hydrogens (tertiary/aromatic N) is 3. The van der Waals surface area contributed by atoms with Crippen LogP contribution in [0.25, 0.3) is 11.0 Å². The van der Waals surface area contributed by atoms with Crippen LogP contribution < -0.4 is 10.5 Å². The molecule has 0 spiro atoms. The van der Waals surface area contributed by atoms with Gasteiger partial charge < -0.3 is 15.0 Å². The van der Waals surface area contributed by atoms with Crippen LogP contribution in [0.3, 0.4) is 0 Å². The number of ether oxygens (including phenoxy) is 1. The molecule has 0 fully saturated rings. The van der Waals surface area contributed by atoms with Crippen molar-refractivity contribution >= 4 is 17.0 Å². The molecule has 3 rings (SSSR count). The van der Waals surface area contributed by atoms with Crippen molar-refractivity contribution in [2.24, 2.45) is 0 Å². The molecule has 0 amide bonds. The molecule has 0 aliphatic carbocycles. The van der Waals surface area contributed by atoms with Crippen molar-refractivity contribution in [2.75, 3.05) is 12.8 Å². The summed E-state index contributed by atoms with van der Waals surface area (Å²) in [4.78, 5) is 8.71. The second kappa shape index (κ2) is 5.21. The zero-order valence-electron chi connectivity index (χ0n) is 11.3. The molecule has 1 aromatic carbocycles. The molecular weight excluding hydrogens is 252 g/mol. The number of nitrogens with two attached hydrogens (primary N) is 1. The highest BCUT2D eigenvalue weighted by Gasteiger charge is 2.11. The first kappa shape index (κ1) is 12.5. The van der Waals surface area contributed by atoms with Crippen LogP contribution in [0, 0.1) is 0 Å². The van der Waals surface area contributed by atoms with Crippen molar-refractivity contribution in [1.82, 2.24) is 14.5 Å². The summed E-state index contributed by atoms with van der Waals surface area (Å²) in [5, 5.41) is 0. The van der Waals surface area contributed by atoms with Gasteiger partial charge in [-0.15, -0.1) is 0 Å². The number of nitrogen functional groups attached to an aromatic ring is 1. The minimum Gasteiger partial charge on any atom is -0.494 e. The van der Waals surface area contributed by atoms with Gasteiger partial charge in [0.1, 0.15) is 11.3 Å². The molecule has 0 atom stereocenters. The van der Waals surface area contributed by atoms with E-state index in [0.717, 1.165) is 35.4 Å². The summed E-state index contributed by atoms with van der Waals surface area (Å²) in [6.07, 6.45) is 2.61. The molecule has 0 aliphatic rings. The van der Waals surface area contributed by atoms with Crippen LogP contribution in [0.15, 0.2) is 42.6 Å². The maximum Gasteiger partial charge on any atom is 0.201 e. The lowest BCUT2D eigenvalue weighted by atomic mass is 10.2. The first-order valence-corrected chi connectivity index (χ1v) is 6.48. The Morgan fingerprint density at radius 2 is 2.10 bits per heavy atom. The number of anilines is 1. The molecule has 5 nitrogen and oxygen atoms in total. The number of aromatic nitrogens is 3. The molecule has 3 aromatic rings. The molecule has 20 heavy (non-hydrogen) atoms. The molecule has 0 unspecified atom stereocenters. The molecule has 0 aliphatic heterocycles. The van der Waals surface area contributed by atoms with E-state index in [1.165, 1.54) is 0 Å². The highest BCUT2D eigenvalue weighted by atomic mass is 16.5. The van der Waals surface area contributed by atoms with Crippen molar-refractivity contribution < 1.29 is 4.74 Å². The van der Waals surface area contributed by atoms with Gasteiger partial charge in [-0.2, -0.15) is 0 Å². The number of benzene rings is 1. The minimum atomic E-state index is 0.500. The average molecular weight is 268 g/mol. The molecular formula is C15H16N4O. The van der Waals surface area contributed by atoms with Gasteiger partial charge in [-0.05, 0) is 24.3 Å². The van der Waals surface area contributed by atoms with Gasteiger partial charge in [0.25, 0.3) is 0 Å². The van der Waals surface area contributed by atoms with Gasteiger partial charge in [-0.1, -0.05) is 12.1 Å². The van der Waals surface area contributed by atoms with Gasteiger partial charge >= 0.3 is 0 Å². The average Bonchev–Trinajstić information content (AvgIpc) is 2.81. The lowest BCUT2D eigenvalue weighted by Crippen LogP contribution is -2.06. The van der Waals surface area contributed by atoms with Crippen LogP contribution in [-0.4, -0.2) is 21.6 Å². The quantitative estimate of drug-likeness (QED) is 0.788. The third-order valence-electron chi connectivity index (χ3n) is 3.31. The number of hydrogen-bond acceptors (Lipinski definition) is 4. The number of fused-ring (bicyclic) bond motifs is 1. The van der Waals surface area contributed by atoms with Gasteiger partial charge in [-0.25, -0.2) is 4.98 Å². The number of rotatable bonds is 4. The molecule has 2 heterocycles. The fourth-order valence-electron chi connectivity index (χ4n) is 2.31. The van der Waals surface area contributed by atoms with Crippen molar-refractivity contribution in [3.8, 4) is 5.75 Å². The van der Waals surface area contributed by atoms with E-state index in [-0.39, 0.29) is 0 Å². The highest BCUT2D eigenvalue weighted by Crippen LogP contribution is 2.26. The largest absolute Gasteiger partial charge is 0.494 e. The van der Waals surface area contributed by atoms with E-state index in [1.807, 2.05) is 41.0 Å². The van der Waals surface area contributed by atoms with Gasteiger partial charge in [0.05, 0.1) is 12.6 Å². The van der Waals surface area contributed by atoms with Gasteiger partial charge in [0.2, 0.25) is 5.95 Å². The van der Waals surface area contributed by atoms with Crippen molar-refractivity contribution in [3.05, 3.63) is 48.3 Å². The van der Waals surface area contributed by atoms with Crippen LogP contribution in [0.1, 0.15) is 5.69 Å². The third kappa shape index (κ3) is 2.18. The summed E-state index contributed by atoms with van der Waals surface area (Å²) in [7, 11) is 1.64. The number of pyridine rings is 1. The Balaban J connectivity index is 1.93. The summed E-state index contributed by atoms with van der Waals surface area (Å²) in [6, 6.07) is 11.7. The first-order valence-electron chi connectivity index (χ1n) is 6.48. The van der Waals surface area contributed by atoms with E-state index >= 15 is 0 Å². The molecule has 2 N–H and O–H groups in total. The van der Waals surface area contributed by atoms with Crippen molar-refractivity contribution in [2.45, 2.75) is 13.0 Å². The number of aryl methyl sites for hydroxylation is 2. The predicted molar refractivity (Wildman–Crippen MR) is 78.6 cm³/mol.